The van der Waals surface area contributed by atoms with E-state index in [1.807, 2.05) is 45.9 Å². The van der Waals surface area contributed by atoms with Crippen molar-refractivity contribution in [3.8, 4) is 5.75 Å². The number of aromatic hydroxyl groups is 1. The summed E-state index contributed by atoms with van der Waals surface area (Å²) in [6, 6.07) is 5.73. The number of ketones is 1. The first-order valence-corrected chi connectivity index (χ1v) is 28.4. The van der Waals surface area contributed by atoms with Gasteiger partial charge in [-0.25, -0.2) is 19.3 Å². The summed E-state index contributed by atoms with van der Waals surface area (Å²) in [5.41, 5.74) is 5.14. The van der Waals surface area contributed by atoms with E-state index in [0.717, 1.165) is 66.9 Å². The molecule has 3 heterocycles. The van der Waals surface area contributed by atoms with Gasteiger partial charge in [-0.2, -0.15) is 0 Å². The van der Waals surface area contributed by atoms with E-state index in [0.29, 0.717) is 12.8 Å². The second-order valence-electron chi connectivity index (χ2n) is 20.7. The summed E-state index contributed by atoms with van der Waals surface area (Å²) in [6.07, 6.45) is -1.13. The van der Waals surface area contributed by atoms with E-state index in [2.05, 4.69) is 43.5 Å². The molecule has 0 bridgehead atoms. The number of carboxylic acid groups (broad SMARTS) is 1. The van der Waals surface area contributed by atoms with Crippen LogP contribution in [0.2, 0.25) is 0 Å². The van der Waals surface area contributed by atoms with Crippen LogP contribution < -0.4 is 35.9 Å². The Kier molecular flexibility index (Phi) is 22.6. The number of hydrogen-bond acceptors (Lipinski definition) is 23. The maximum absolute atomic E-state index is 12.8. The number of fused-ring (bicyclic) bond motifs is 1. The molecular weight excluding hydrogens is 1050 g/mol. The van der Waals surface area contributed by atoms with Crippen molar-refractivity contribution >= 4 is 64.0 Å². The molecule has 4 rings (SSSR count). The molecule has 2 amide bonds. The molecular formula is C45H68N7O20P3-4. The van der Waals surface area contributed by atoms with Crippen molar-refractivity contribution in [3.63, 3.8) is 0 Å². The van der Waals surface area contributed by atoms with E-state index in [4.69, 9.17) is 15.6 Å². The van der Waals surface area contributed by atoms with Crippen molar-refractivity contribution in [3.05, 3.63) is 42.0 Å². The van der Waals surface area contributed by atoms with Crippen molar-refractivity contribution in [2.45, 2.75) is 149 Å². The number of ether oxygens (including phenoxy) is 1. The molecule has 1 saturated heterocycles. The number of amides is 2. The van der Waals surface area contributed by atoms with Gasteiger partial charge in [0.1, 0.15) is 47.8 Å². The smallest absolute Gasteiger partial charge is 0.303 e. The van der Waals surface area contributed by atoms with E-state index >= 15 is 0 Å². The molecule has 0 radical (unpaired) electrons. The number of phenols is 1. The van der Waals surface area contributed by atoms with E-state index in [-0.39, 0.29) is 78.1 Å². The highest BCUT2D eigenvalue weighted by Crippen LogP contribution is 2.56. The molecule has 7 atom stereocenters. The van der Waals surface area contributed by atoms with Gasteiger partial charge < -0.3 is 79.2 Å². The highest BCUT2D eigenvalue weighted by Gasteiger charge is 2.47. The Balaban J connectivity index is 1.13. The zero-order valence-corrected chi connectivity index (χ0v) is 45.3. The molecule has 7 unspecified atom stereocenters. The van der Waals surface area contributed by atoms with Crippen molar-refractivity contribution in [1.82, 2.24) is 30.2 Å². The number of phosphoric ester groups is 3. The summed E-state index contributed by atoms with van der Waals surface area (Å²) < 4.78 is 61.0. The number of rotatable bonds is 33. The van der Waals surface area contributed by atoms with Gasteiger partial charge in [0, 0.05) is 37.8 Å². The lowest BCUT2D eigenvalue weighted by Gasteiger charge is -2.36. The van der Waals surface area contributed by atoms with Gasteiger partial charge >= 0.3 is 5.97 Å². The fourth-order valence-corrected chi connectivity index (χ4v) is 11.1. The third kappa shape index (κ3) is 20.5. The number of benzene rings is 1. The molecule has 1 aromatic carbocycles. The van der Waals surface area contributed by atoms with Gasteiger partial charge in [-0.15, -0.1) is 0 Å². The molecule has 27 nitrogen and oxygen atoms in total. The monoisotopic (exact) mass is 1120 g/mol. The molecule has 30 heteroatoms. The fourth-order valence-electron chi connectivity index (χ4n) is 8.35. The number of nitrogens with two attached hydrogens (primary N) is 1. The zero-order chi connectivity index (χ0) is 56.2. The lowest BCUT2D eigenvalue weighted by molar-refractivity contribution is -0.347. The van der Waals surface area contributed by atoms with E-state index < -0.39 is 90.5 Å². The number of unbranched alkanes of at least 4 members (excludes halogenated alkanes) is 2. The SMILES string of the molecule is CC(C)(CCCCc1cccc(CCCCC(C)(C)CC(=O)CCNC(=O)CCNC(=O)C(O)C(C)(C)COP(=O)([O-])OP(=O)([O-])OCC2OC(n3cnc4c(N)ncnc43)C(O)C2OP(=O)([O-])[O-])c1O)CC(=O)O. The zero-order valence-electron chi connectivity index (χ0n) is 42.6. The first-order chi connectivity index (χ1) is 34.7. The predicted molar refractivity (Wildman–Crippen MR) is 258 cm³/mol. The average Bonchev–Trinajstić information content (AvgIpc) is 3.85. The molecule has 1 aliphatic heterocycles. The molecule has 1 fully saturated rings. The Morgan fingerprint density at radius 2 is 1.44 bits per heavy atom. The van der Waals surface area contributed by atoms with Crippen LogP contribution in [0.4, 0.5) is 5.82 Å². The standard InChI is InChI=1S/C45H72N7O20P3/c1-43(2,18-9-7-12-28-14-11-15-29(35(28)57)13-8-10-19-44(3,4)23-33(55)56)22-30(53)16-20-47-32(54)17-21-48-41(60)38(59)45(5,6)25-69-75(66,67)72-74(64,65)68-24-31-37(71-73(61,62)63)36(58)42(70-31)52-27-51-34-39(46)49-26-50-40(34)52/h11,14-15,26-27,31,36-38,42,57-59H,7-10,12-13,16-25H2,1-6H3,(H,47,54)(H,48,60)(H,55,56)(H,64,65)(H,66,67)(H2,46,49,50)(H2,61,62,63)/p-4. The van der Waals surface area contributed by atoms with Crippen LogP contribution in [-0.4, -0.2) is 114 Å². The van der Waals surface area contributed by atoms with Crippen LogP contribution in [0, 0.1) is 16.2 Å². The van der Waals surface area contributed by atoms with Crippen LogP contribution in [-0.2, 0) is 68.3 Å². The van der Waals surface area contributed by atoms with Gasteiger partial charge in [0.25, 0.3) is 15.6 Å². The molecule has 75 heavy (non-hydrogen) atoms. The number of Topliss-reactive ketones (excluding diaryl/α,β-unsaturated/α-hetero) is 1. The third-order valence-corrected chi connectivity index (χ3v) is 15.4. The van der Waals surface area contributed by atoms with E-state index in [1.165, 1.54) is 13.8 Å². The molecule has 422 valence electrons. The summed E-state index contributed by atoms with van der Waals surface area (Å²) >= 11 is 0. The number of nitrogens with one attached hydrogen (secondary N) is 2. The summed E-state index contributed by atoms with van der Waals surface area (Å²) in [6.45, 7) is 7.69. The number of aliphatic carboxylic acids is 1. The van der Waals surface area contributed by atoms with E-state index in [9.17, 15) is 67.8 Å². The highest BCUT2D eigenvalue weighted by atomic mass is 31.3. The average molecular weight is 1120 g/mol. The van der Waals surface area contributed by atoms with Gasteiger partial charge in [0.05, 0.1) is 33.8 Å². The van der Waals surface area contributed by atoms with Crippen LogP contribution in [0.15, 0.2) is 30.9 Å². The normalized spacial score (nSPS) is 19.6. The molecule has 0 spiro atoms. The number of imidazole rings is 1. The molecule has 3 aromatic rings. The number of anilines is 1. The van der Waals surface area contributed by atoms with E-state index in [1.54, 1.807) is 0 Å². The van der Waals surface area contributed by atoms with Gasteiger partial charge in [0.2, 0.25) is 11.8 Å². The Bertz CT molecular complexity index is 2590. The van der Waals surface area contributed by atoms with Gasteiger partial charge in [-0.1, -0.05) is 72.6 Å². The van der Waals surface area contributed by atoms with Gasteiger partial charge in [-0.05, 0) is 60.5 Å². The molecule has 2 aromatic heterocycles. The van der Waals surface area contributed by atoms with Crippen molar-refractivity contribution in [2.75, 3.05) is 32.0 Å². The summed E-state index contributed by atoms with van der Waals surface area (Å²) in [5, 5.41) is 46.5. The summed E-state index contributed by atoms with van der Waals surface area (Å²) in [5.74, 6) is -2.23. The number of aliphatic hydroxyl groups excluding tert-OH is 2. The number of aliphatic hydroxyl groups is 2. The van der Waals surface area contributed by atoms with Crippen molar-refractivity contribution in [2.24, 2.45) is 16.2 Å². The minimum Gasteiger partial charge on any atom is -0.790 e. The maximum Gasteiger partial charge on any atom is 0.303 e. The number of aromatic nitrogens is 4. The Morgan fingerprint density at radius 1 is 0.853 bits per heavy atom. The Morgan fingerprint density at radius 3 is 2.04 bits per heavy atom. The topological polar surface area (TPSA) is 432 Å². The second kappa shape index (κ2) is 26.8. The molecule has 0 saturated carbocycles. The van der Waals surface area contributed by atoms with Crippen LogP contribution in [0.3, 0.4) is 0 Å². The largest absolute Gasteiger partial charge is 0.790 e. The second-order valence-corrected chi connectivity index (χ2v) is 24.8. The molecule has 1 aliphatic rings. The highest BCUT2D eigenvalue weighted by molar-refractivity contribution is 7.59. The minimum absolute atomic E-state index is 0.0306. The predicted octanol–water partition coefficient (Wildman–Crippen LogP) is 1.58. The lowest BCUT2D eigenvalue weighted by Crippen LogP contribution is -2.46. The van der Waals surface area contributed by atoms with Crippen LogP contribution >= 0.6 is 23.5 Å². The number of phenolic OH excluding ortho intramolecular Hbond substituents is 1. The quantitative estimate of drug-likeness (QED) is 0.0336. The number of para-hydroxylation sites is 1. The molecule has 0 aliphatic carbocycles. The lowest BCUT2D eigenvalue weighted by atomic mass is 9.81. The number of hydrogen-bond donors (Lipinski definition) is 7. The van der Waals surface area contributed by atoms with Gasteiger partial charge in [0.15, 0.2) is 17.7 Å². The number of carboxylic acids is 1. The number of phosphoric acid groups is 3. The summed E-state index contributed by atoms with van der Waals surface area (Å²) in [4.78, 5) is 109. The van der Waals surface area contributed by atoms with Gasteiger partial charge in [-0.3, -0.25) is 32.9 Å². The number of nitrogen functional groups attached to an aromatic ring is 1. The van der Waals surface area contributed by atoms with Crippen molar-refractivity contribution in [1.29, 1.82) is 0 Å². The molecule has 8 N–H and O–H groups in total. The number of carbonyl (C=O) groups excluding carboxylic acids is 3. The number of nitrogens with zero attached hydrogens (tertiary/aromatic N) is 4. The Hall–Kier alpha value is -4.30. The summed E-state index contributed by atoms with van der Waals surface area (Å²) in [7, 11) is -17.7. The maximum atomic E-state index is 12.8. The first-order valence-electron chi connectivity index (χ1n) is 24.1. The van der Waals surface area contributed by atoms with Crippen LogP contribution in [0.5, 0.6) is 5.75 Å². The number of aryl methyl sites for hydroxylation is 2. The minimum atomic E-state index is -5.95. The van der Waals surface area contributed by atoms with Crippen LogP contribution in [0.25, 0.3) is 11.2 Å². The third-order valence-electron chi connectivity index (χ3n) is 12.4. The van der Waals surface area contributed by atoms with Crippen LogP contribution in [0.1, 0.15) is 123 Å². The van der Waals surface area contributed by atoms with Crippen molar-refractivity contribution < 1.29 is 95.5 Å². The Labute approximate surface area is 433 Å². The first kappa shape index (κ1) is 63.2. The fraction of sp³-hybridized carbons (Fsp3) is 0.667. The number of carbonyl (C=O) groups is 4.